The highest BCUT2D eigenvalue weighted by Gasteiger charge is 2.50. The van der Waals surface area contributed by atoms with Crippen LogP contribution in [0.25, 0.3) is 0 Å². The predicted molar refractivity (Wildman–Crippen MR) is 72.0 cm³/mol. The molecule has 17 heavy (non-hydrogen) atoms. The van der Waals surface area contributed by atoms with Gasteiger partial charge < -0.3 is 5.11 Å². The van der Waals surface area contributed by atoms with Gasteiger partial charge in [-0.25, -0.2) is 0 Å². The number of aliphatic hydroxyl groups excluding tert-OH is 1. The lowest BCUT2D eigenvalue weighted by molar-refractivity contribution is 0.138. The smallest absolute Gasteiger partial charge is 0.0823 e. The SMILES string of the molecule is CC(C)(C)c1ccc(C(O)C2CC2(C)C)cc1. The van der Waals surface area contributed by atoms with Gasteiger partial charge in [0, 0.05) is 0 Å². The van der Waals surface area contributed by atoms with E-state index < -0.39 is 0 Å². The van der Waals surface area contributed by atoms with E-state index in [-0.39, 0.29) is 11.5 Å². The van der Waals surface area contributed by atoms with Gasteiger partial charge in [-0.15, -0.1) is 0 Å². The highest BCUT2D eigenvalue weighted by atomic mass is 16.3. The molecule has 1 N–H and O–H groups in total. The Balaban J connectivity index is 2.14. The molecule has 1 fully saturated rings. The quantitative estimate of drug-likeness (QED) is 0.815. The van der Waals surface area contributed by atoms with Crippen LogP contribution < -0.4 is 0 Å². The van der Waals surface area contributed by atoms with Crippen LogP contribution in [0.3, 0.4) is 0 Å². The van der Waals surface area contributed by atoms with Crippen LogP contribution in [0.1, 0.15) is 58.3 Å². The molecule has 0 amide bonds. The largest absolute Gasteiger partial charge is 0.388 e. The summed E-state index contributed by atoms with van der Waals surface area (Å²) in [4.78, 5) is 0. The first-order valence-corrected chi connectivity index (χ1v) is 6.50. The van der Waals surface area contributed by atoms with E-state index in [1.807, 2.05) is 0 Å². The summed E-state index contributed by atoms with van der Waals surface area (Å²) in [5, 5.41) is 10.3. The Hall–Kier alpha value is -0.820. The number of benzene rings is 1. The Kier molecular flexibility index (Phi) is 2.86. The van der Waals surface area contributed by atoms with Crippen LogP contribution in [0, 0.1) is 11.3 Å². The second kappa shape index (κ2) is 3.84. The van der Waals surface area contributed by atoms with Crippen molar-refractivity contribution < 1.29 is 5.11 Å². The molecule has 2 unspecified atom stereocenters. The van der Waals surface area contributed by atoms with Crippen molar-refractivity contribution in [2.45, 2.75) is 52.6 Å². The second-order valence-electron chi connectivity index (χ2n) is 7.12. The zero-order chi connectivity index (χ0) is 12.8. The zero-order valence-electron chi connectivity index (χ0n) is 11.6. The maximum absolute atomic E-state index is 10.3. The first-order chi connectivity index (χ1) is 7.72. The van der Waals surface area contributed by atoms with Crippen molar-refractivity contribution in [2.24, 2.45) is 11.3 Å². The van der Waals surface area contributed by atoms with Crippen molar-refractivity contribution in [3.8, 4) is 0 Å². The van der Waals surface area contributed by atoms with Gasteiger partial charge in [0.05, 0.1) is 6.10 Å². The number of hydrogen-bond donors (Lipinski definition) is 1. The molecule has 1 aliphatic rings. The van der Waals surface area contributed by atoms with Crippen molar-refractivity contribution in [2.75, 3.05) is 0 Å². The van der Waals surface area contributed by atoms with Gasteiger partial charge in [0.25, 0.3) is 0 Å². The summed E-state index contributed by atoms with van der Waals surface area (Å²) in [7, 11) is 0. The number of aliphatic hydroxyl groups is 1. The topological polar surface area (TPSA) is 20.2 Å². The molecule has 0 radical (unpaired) electrons. The van der Waals surface area contributed by atoms with Crippen LogP contribution in [0.4, 0.5) is 0 Å². The molecule has 0 saturated heterocycles. The standard InChI is InChI=1S/C16H24O/c1-15(2,3)12-8-6-11(7-9-12)14(17)13-10-16(13,4)5/h6-9,13-14,17H,10H2,1-5H3. The van der Waals surface area contributed by atoms with E-state index in [1.54, 1.807) is 0 Å². The van der Waals surface area contributed by atoms with E-state index in [9.17, 15) is 5.11 Å². The zero-order valence-corrected chi connectivity index (χ0v) is 11.6. The molecule has 0 aliphatic heterocycles. The van der Waals surface area contributed by atoms with E-state index in [0.717, 1.165) is 12.0 Å². The molecule has 2 atom stereocenters. The monoisotopic (exact) mass is 232 g/mol. The molecule has 0 bridgehead atoms. The fourth-order valence-electron chi connectivity index (χ4n) is 2.46. The van der Waals surface area contributed by atoms with Crippen molar-refractivity contribution in [1.29, 1.82) is 0 Å². The van der Waals surface area contributed by atoms with Crippen LogP contribution in [-0.4, -0.2) is 5.11 Å². The van der Waals surface area contributed by atoms with Gasteiger partial charge in [0.15, 0.2) is 0 Å². The van der Waals surface area contributed by atoms with Crippen LogP contribution in [0.5, 0.6) is 0 Å². The predicted octanol–water partition coefficient (Wildman–Crippen LogP) is 4.06. The summed E-state index contributed by atoms with van der Waals surface area (Å²) in [6, 6.07) is 8.46. The minimum absolute atomic E-state index is 0.183. The Morgan fingerprint density at radius 3 is 2.00 bits per heavy atom. The van der Waals surface area contributed by atoms with Crippen molar-refractivity contribution in [3.05, 3.63) is 35.4 Å². The minimum atomic E-state index is -0.293. The molecule has 1 aromatic carbocycles. The molecular formula is C16H24O. The molecule has 0 aromatic heterocycles. The van der Waals surface area contributed by atoms with Crippen LogP contribution in [0.15, 0.2) is 24.3 Å². The van der Waals surface area contributed by atoms with Gasteiger partial charge in [0.1, 0.15) is 0 Å². The van der Waals surface area contributed by atoms with Crippen LogP contribution >= 0.6 is 0 Å². The first kappa shape index (κ1) is 12.6. The summed E-state index contributed by atoms with van der Waals surface area (Å²) >= 11 is 0. The lowest BCUT2D eigenvalue weighted by Crippen LogP contribution is -2.11. The second-order valence-corrected chi connectivity index (χ2v) is 7.12. The lowest BCUT2D eigenvalue weighted by atomic mass is 9.86. The molecule has 1 saturated carbocycles. The van der Waals surface area contributed by atoms with E-state index >= 15 is 0 Å². The lowest BCUT2D eigenvalue weighted by Gasteiger charge is -2.20. The van der Waals surface area contributed by atoms with Crippen LogP contribution in [0.2, 0.25) is 0 Å². The first-order valence-electron chi connectivity index (χ1n) is 6.50. The average Bonchev–Trinajstić information content (AvgIpc) is 2.86. The van der Waals surface area contributed by atoms with E-state index in [2.05, 4.69) is 58.9 Å². The number of rotatable bonds is 2. The summed E-state index contributed by atoms with van der Waals surface area (Å²) in [6.07, 6.45) is 0.842. The summed E-state index contributed by atoms with van der Waals surface area (Å²) < 4.78 is 0. The minimum Gasteiger partial charge on any atom is -0.388 e. The van der Waals surface area contributed by atoms with E-state index in [4.69, 9.17) is 0 Å². The highest BCUT2D eigenvalue weighted by molar-refractivity contribution is 5.29. The molecule has 1 aromatic rings. The molecule has 1 aliphatic carbocycles. The summed E-state index contributed by atoms with van der Waals surface area (Å²) in [6.45, 7) is 11.1. The molecule has 1 nitrogen and oxygen atoms in total. The summed E-state index contributed by atoms with van der Waals surface area (Å²) in [5.41, 5.74) is 2.89. The van der Waals surface area contributed by atoms with Gasteiger partial charge in [-0.05, 0) is 34.3 Å². The highest BCUT2D eigenvalue weighted by Crippen LogP contribution is 2.57. The van der Waals surface area contributed by atoms with Crippen molar-refractivity contribution in [1.82, 2.24) is 0 Å². The molecule has 0 heterocycles. The third kappa shape index (κ3) is 2.55. The molecule has 1 heteroatoms. The molecule has 2 rings (SSSR count). The van der Waals surface area contributed by atoms with Crippen molar-refractivity contribution in [3.63, 3.8) is 0 Å². The average molecular weight is 232 g/mol. The van der Waals surface area contributed by atoms with E-state index in [1.165, 1.54) is 5.56 Å². The van der Waals surface area contributed by atoms with Gasteiger partial charge in [-0.3, -0.25) is 0 Å². The van der Waals surface area contributed by atoms with Gasteiger partial charge in [-0.1, -0.05) is 58.9 Å². The van der Waals surface area contributed by atoms with Gasteiger partial charge in [0.2, 0.25) is 0 Å². The molecule has 0 spiro atoms. The molecule has 94 valence electrons. The van der Waals surface area contributed by atoms with Crippen molar-refractivity contribution >= 4 is 0 Å². The van der Waals surface area contributed by atoms with Gasteiger partial charge in [-0.2, -0.15) is 0 Å². The Morgan fingerprint density at radius 1 is 1.18 bits per heavy atom. The maximum Gasteiger partial charge on any atom is 0.0823 e. The summed E-state index contributed by atoms with van der Waals surface area (Å²) in [5.74, 6) is 0.433. The Morgan fingerprint density at radius 2 is 1.65 bits per heavy atom. The Labute approximate surface area is 105 Å². The van der Waals surface area contributed by atoms with Crippen LogP contribution in [-0.2, 0) is 5.41 Å². The third-order valence-electron chi connectivity index (χ3n) is 4.09. The Bertz CT molecular complexity index is 395. The normalized spacial score (nSPS) is 24.5. The van der Waals surface area contributed by atoms with E-state index in [0.29, 0.717) is 11.3 Å². The number of hydrogen-bond acceptors (Lipinski definition) is 1. The third-order valence-corrected chi connectivity index (χ3v) is 4.09. The molecular weight excluding hydrogens is 208 g/mol. The fourth-order valence-corrected chi connectivity index (χ4v) is 2.46. The fraction of sp³-hybridized carbons (Fsp3) is 0.625. The maximum atomic E-state index is 10.3. The van der Waals surface area contributed by atoms with Gasteiger partial charge >= 0.3 is 0 Å².